The van der Waals surface area contributed by atoms with E-state index in [0.717, 1.165) is 6.26 Å². The predicted molar refractivity (Wildman–Crippen MR) is 51.4 cm³/mol. The van der Waals surface area contributed by atoms with Gasteiger partial charge in [0.15, 0.2) is 0 Å². The number of methoxy groups -OCH3 is 1. The lowest BCUT2D eigenvalue weighted by Crippen LogP contribution is -2.40. The van der Waals surface area contributed by atoms with Crippen molar-refractivity contribution in [3.63, 3.8) is 0 Å². The molecule has 0 saturated carbocycles. The van der Waals surface area contributed by atoms with Gasteiger partial charge in [-0.1, -0.05) is 0 Å². The number of aliphatic hydroxyl groups is 1. The van der Waals surface area contributed by atoms with E-state index in [9.17, 15) is 13.5 Å². The van der Waals surface area contributed by atoms with Crippen LogP contribution in [0.15, 0.2) is 0 Å². The second-order valence-corrected chi connectivity index (χ2v) is 5.87. The molecular weight excluding hydrogens is 192 g/mol. The summed E-state index contributed by atoms with van der Waals surface area (Å²) in [6.07, 6.45) is 0.982. The van der Waals surface area contributed by atoms with E-state index in [1.807, 2.05) is 0 Å². The third kappa shape index (κ3) is 5.23. The Morgan fingerprint density at radius 1 is 1.54 bits per heavy atom. The van der Waals surface area contributed by atoms with Gasteiger partial charge in [0, 0.05) is 13.4 Å². The lowest BCUT2D eigenvalue weighted by atomic mass is 9.97. The van der Waals surface area contributed by atoms with Crippen LogP contribution in [0, 0.1) is 0 Å². The van der Waals surface area contributed by atoms with Gasteiger partial charge in [-0.2, -0.15) is 0 Å². The lowest BCUT2D eigenvalue weighted by Gasteiger charge is -2.28. The maximum Gasteiger partial charge on any atom is 0.147 e. The molecule has 2 unspecified atom stereocenters. The molecule has 0 radical (unpaired) electrons. The highest BCUT2D eigenvalue weighted by Crippen LogP contribution is 2.17. The van der Waals surface area contributed by atoms with Gasteiger partial charge in [0.1, 0.15) is 9.84 Å². The summed E-state index contributed by atoms with van der Waals surface area (Å²) in [6, 6.07) is 0. The molecule has 0 aromatic heterocycles. The van der Waals surface area contributed by atoms with Crippen LogP contribution in [0.2, 0.25) is 0 Å². The van der Waals surface area contributed by atoms with Gasteiger partial charge in [-0.25, -0.2) is 8.42 Å². The van der Waals surface area contributed by atoms with E-state index in [2.05, 4.69) is 0 Å². The van der Waals surface area contributed by atoms with Crippen LogP contribution in [0.5, 0.6) is 0 Å². The van der Waals surface area contributed by atoms with Crippen molar-refractivity contribution in [2.75, 3.05) is 19.1 Å². The molecule has 0 bridgehead atoms. The Hall–Kier alpha value is -0.130. The molecule has 0 aromatic rings. The van der Waals surface area contributed by atoms with Crippen LogP contribution in [0.4, 0.5) is 0 Å². The van der Waals surface area contributed by atoms with E-state index in [0.29, 0.717) is 0 Å². The van der Waals surface area contributed by atoms with Crippen molar-refractivity contribution >= 4 is 9.84 Å². The SMILES string of the molecule is COC(C)C(C)(O)CCS(C)(=O)=O. The van der Waals surface area contributed by atoms with E-state index >= 15 is 0 Å². The Labute approximate surface area is 79.8 Å². The Balaban J connectivity index is 4.19. The van der Waals surface area contributed by atoms with Crippen LogP contribution in [0.25, 0.3) is 0 Å². The maximum absolute atomic E-state index is 10.8. The molecule has 0 rings (SSSR count). The monoisotopic (exact) mass is 210 g/mol. The van der Waals surface area contributed by atoms with Gasteiger partial charge < -0.3 is 9.84 Å². The van der Waals surface area contributed by atoms with Gasteiger partial charge in [0.2, 0.25) is 0 Å². The summed E-state index contributed by atoms with van der Waals surface area (Å²) >= 11 is 0. The summed E-state index contributed by atoms with van der Waals surface area (Å²) in [5, 5.41) is 9.76. The Morgan fingerprint density at radius 2 is 2.00 bits per heavy atom. The molecule has 0 saturated heterocycles. The minimum atomic E-state index is -3.01. The summed E-state index contributed by atoms with van der Waals surface area (Å²) in [4.78, 5) is 0. The van der Waals surface area contributed by atoms with Crippen molar-refractivity contribution in [2.45, 2.75) is 32.0 Å². The fourth-order valence-electron chi connectivity index (χ4n) is 0.849. The predicted octanol–water partition coefficient (Wildman–Crippen LogP) is 0.207. The van der Waals surface area contributed by atoms with E-state index in [1.54, 1.807) is 13.8 Å². The fraction of sp³-hybridized carbons (Fsp3) is 1.00. The molecule has 0 aliphatic heterocycles. The Bertz CT molecular complexity index is 243. The second kappa shape index (κ2) is 4.39. The normalized spacial score (nSPS) is 19.5. The molecule has 0 aliphatic carbocycles. The summed E-state index contributed by atoms with van der Waals surface area (Å²) in [5.41, 5.74) is -1.09. The average Bonchev–Trinajstić information content (AvgIpc) is 1.98. The topological polar surface area (TPSA) is 63.6 Å². The maximum atomic E-state index is 10.8. The molecule has 5 heteroatoms. The molecule has 0 fully saturated rings. The van der Waals surface area contributed by atoms with Crippen molar-refractivity contribution in [3.8, 4) is 0 Å². The van der Waals surface area contributed by atoms with Crippen molar-refractivity contribution in [2.24, 2.45) is 0 Å². The molecule has 0 aromatic carbocycles. The summed E-state index contributed by atoms with van der Waals surface area (Å²) in [6.45, 7) is 3.29. The van der Waals surface area contributed by atoms with Crippen LogP contribution < -0.4 is 0 Å². The molecule has 0 aliphatic rings. The fourth-order valence-corrected chi connectivity index (χ4v) is 1.63. The van der Waals surface area contributed by atoms with Gasteiger partial charge in [-0.05, 0) is 20.3 Å². The third-order valence-electron chi connectivity index (χ3n) is 2.21. The Morgan fingerprint density at radius 3 is 2.31 bits per heavy atom. The van der Waals surface area contributed by atoms with Crippen molar-refractivity contribution in [1.29, 1.82) is 0 Å². The zero-order valence-electron chi connectivity index (χ0n) is 8.57. The standard InChI is InChI=1S/C8H18O4S/c1-7(12-3)8(2,9)5-6-13(4,10)11/h7,9H,5-6H2,1-4H3. The van der Waals surface area contributed by atoms with E-state index < -0.39 is 15.4 Å². The minimum Gasteiger partial charge on any atom is -0.387 e. The number of ether oxygens (including phenoxy) is 1. The second-order valence-electron chi connectivity index (χ2n) is 3.61. The molecule has 13 heavy (non-hydrogen) atoms. The average molecular weight is 210 g/mol. The molecular formula is C8H18O4S. The van der Waals surface area contributed by atoms with Gasteiger partial charge in [-0.3, -0.25) is 0 Å². The first kappa shape index (κ1) is 12.9. The molecule has 2 atom stereocenters. The first-order chi connectivity index (χ1) is 5.69. The molecule has 4 nitrogen and oxygen atoms in total. The van der Waals surface area contributed by atoms with Crippen molar-refractivity contribution < 1.29 is 18.3 Å². The number of rotatable bonds is 5. The highest BCUT2D eigenvalue weighted by molar-refractivity contribution is 7.90. The van der Waals surface area contributed by atoms with Crippen LogP contribution in [-0.2, 0) is 14.6 Å². The lowest BCUT2D eigenvalue weighted by molar-refractivity contribution is -0.0735. The highest BCUT2D eigenvalue weighted by atomic mass is 32.2. The molecule has 0 heterocycles. The van der Waals surface area contributed by atoms with Gasteiger partial charge in [0.05, 0.1) is 17.5 Å². The molecule has 0 spiro atoms. The first-order valence-electron chi connectivity index (χ1n) is 4.12. The smallest absolute Gasteiger partial charge is 0.147 e. The molecule has 0 amide bonds. The number of sulfone groups is 1. The van der Waals surface area contributed by atoms with E-state index in [4.69, 9.17) is 4.74 Å². The number of hydrogen-bond donors (Lipinski definition) is 1. The molecule has 80 valence electrons. The van der Waals surface area contributed by atoms with Crippen molar-refractivity contribution in [3.05, 3.63) is 0 Å². The van der Waals surface area contributed by atoms with Crippen LogP contribution in [-0.4, -0.2) is 44.3 Å². The highest BCUT2D eigenvalue weighted by Gasteiger charge is 2.29. The molecule has 1 N–H and O–H groups in total. The summed E-state index contributed by atoms with van der Waals surface area (Å²) in [7, 11) is -1.53. The van der Waals surface area contributed by atoms with E-state index in [1.165, 1.54) is 7.11 Å². The summed E-state index contributed by atoms with van der Waals surface area (Å²) < 4.78 is 26.6. The van der Waals surface area contributed by atoms with Gasteiger partial charge in [0.25, 0.3) is 0 Å². The third-order valence-corrected chi connectivity index (χ3v) is 3.15. The van der Waals surface area contributed by atoms with Crippen LogP contribution >= 0.6 is 0 Å². The Kier molecular flexibility index (Phi) is 4.35. The van der Waals surface area contributed by atoms with Crippen LogP contribution in [0.3, 0.4) is 0 Å². The zero-order chi connectivity index (χ0) is 10.7. The quantitative estimate of drug-likeness (QED) is 0.704. The van der Waals surface area contributed by atoms with Crippen molar-refractivity contribution in [1.82, 2.24) is 0 Å². The minimum absolute atomic E-state index is 0.0201. The first-order valence-corrected chi connectivity index (χ1v) is 6.18. The van der Waals surface area contributed by atoms with Gasteiger partial charge in [-0.15, -0.1) is 0 Å². The van der Waals surface area contributed by atoms with Gasteiger partial charge >= 0.3 is 0 Å². The largest absolute Gasteiger partial charge is 0.387 e. The number of hydrogen-bond acceptors (Lipinski definition) is 4. The van der Waals surface area contributed by atoms with Crippen LogP contribution in [0.1, 0.15) is 20.3 Å². The zero-order valence-corrected chi connectivity index (χ0v) is 9.39. The van der Waals surface area contributed by atoms with E-state index in [-0.39, 0.29) is 18.3 Å². The summed E-state index contributed by atoms with van der Waals surface area (Å²) in [5.74, 6) is -0.0201.